The van der Waals surface area contributed by atoms with Crippen molar-refractivity contribution in [3.8, 4) is 18.0 Å². The van der Waals surface area contributed by atoms with E-state index in [2.05, 4.69) is 20.6 Å². The number of aromatic nitrogens is 1. The van der Waals surface area contributed by atoms with Crippen LogP contribution in [0.15, 0.2) is 17.1 Å². The van der Waals surface area contributed by atoms with Gasteiger partial charge >= 0.3 is 0 Å². The third-order valence-electron chi connectivity index (χ3n) is 3.90. The fourth-order valence-electron chi connectivity index (χ4n) is 2.75. The first-order valence-electron chi connectivity index (χ1n) is 7.43. The van der Waals surface area contributed by atoms with Crippen LogP contribution >= 0.6 is 22.6 Å². The van der Waals surface area contributed by atoms with Crippen LogP contribution in [0.5, 0.6) is 5.75 Å². The minimum absolute atomic E-state index is 0.0103. The third kappa shape index (κ3) is 3.13. The normalized spacial score (nSPS) is 14.9. The molecule has 6 N–H and O–H groups in total. The number of nitrogens with two attached hydrogens (primary N) is 2. The van der Waals surface area contributed by atoms with Gasteiger partial charge in [0.15, 0.2) is 17.8 Å². The Labute approximate surface area is 167 Å². The average Bonchev–Trinajstić information content (AvgIpc) is 2.61. The van der Waals surface area contributed by atoms with Crippen molar-refractivity contribution in [1.29, 1.82) is 10.5 Å². The molecular weight excluding hydrogens is 466 g/mol. The van der Waals surface area contributed by atoms with Gasteiger partial charge in [-0.3, -0.25) is 5.32 Å². The molecule has 2 heterocycles. The molecule has 9 nitrogen and oxygen atoms in total. The molecule has 0 radical (unpaired) electrons. The number of ether oxygens (including phenoxy) is 1. The molecule has 1 aliphatic rings. The van der Waals surface area contributed by atoms with Crippen LogP contribution in [0.3, 0.4) is 0 Å². The van der Waals surface area contributed by atoms with Crippen LogP contribution in [0.2, 0.25) is 0 Å². The first-order chi connectivity index (χ1) is 12.9. The van der Waals surface area contributed by atoms with Crippen molar-refractivity contribution in [3.05, 3.63) is 38.2 Å². The molecule has 1 aromatic heterocycles. The van der Waals surface area contributed by atoms with Crippen LogP contribution in [0.4, 0.5) is 21.7 Å². The van der Waals surface area contributed by atoms with E-state index in [1.54, 1.807) is 12.3 Å². The molecule has 1 atom stereocenters. The van der Waals surface area contributed by atoms with E-state index >= 15 is 0 Å². The lowest BCUT2D eigenvalue weighted by atomic mass is 9.95. The van der Waals surface area contributed by atoms with Gasteiger partial charge in [-0.15, -0.1) is 0 Å². The number of rotatable bonds is 2. The highest BCUT2D eigenvalue weighted by molar-refractivity contribution is 14.1. The lowest BCUT2D eigenvalue weighted by Gasteiger charge is -2.26. The lowest BCUT2D eigenvalue weighted by Crippen LogP contribution is -2.32. The van der Waals surface area contributed by atoms with E-state index in [-0.39, 0.29) is 34.6 Å². The van der Waals surface area contributed by atoms with Gasteiger partial charge in [0.05, 0.1) is 16.4 Å². The largest absolute Gasteiger partial charge is 0.493 e. The lowest BCUT2D eigenvalue weighted by molar-refractivity contribution is 0.383. The van der Waals surface area contributed by atoms with Crippen molar-refractivity contribution >= 4 is 45.9 Å². The summed E-state index contributed by atoms with van der Waals surface area (Å²) in [6.07, 6.45) is 1.75. The van der Waals surface area contributed by atoms with Gasteiger partial charge in [0.25, 0.3) is 0 Å². The molecule has 2 aromatic rings. The predicted octanol–water partition coefficient (Wildman–Crippen LogP) is 1.81. The Balaban J connectivity index is 2.27. The number of nitriles is 2. The maximum Gasteiger partial charge on any atom is 0.211 e. The molecule has 0 aliphatic carbocycles. The fraction of sp³-hybridized carbons (Fsp3) is 0.125. The van der Waals surface area contributed by atoms with Crippen LogP contribution in [0.25, 0.3) is 0 Å². The van der Waals surface area contributed by atoms with Gasteiger partial charge in [-0.2, -0.15) is 10.5 Å². The maximum atomic E-state index is 14.4. The maximum absolute atomic E-state index is 14.4. The predicted molar refractivity (Wildman–Crippen MR) is 105 cm³/mol. The summed E-state index contributed by atoms with van der Waals surface area (Å²) in [7, 11) is 1.37. The number of hydrogen-bond donors (Lipinski definition) is 4. The number of guanidine groups is 1. The number of nitrogens with zero attached hydrogens (tertiary/aromatic N) is 4. The molecule has 0 amide bonds. The zero-order valence-corrected chi connectivity index (χ0v) is 16.0. The first-order valence-corrected chi connectivity index (χ1v) is 8.50. The number of methoxy groups -OCH3 is 1. The highest BCUT2D eigenvalue weighted by Gasteiger charge is 2.30. The summed E-state index contributed by atoms with van der Waals surface area (Å²) in [5.74, 6) is -0.208. The highest BCUT2D eigenvalue weighted by atomic mass is 127. The van der Waals surface area contributed by atoms with Crippen LogP contribution < -0.4 is 26.8 Å². The fourth-order valence-corrected chi connectivity index (χ4v) is 3.59. The quantitative estimate of drug-likeness (QED) is 0.289. The third-order valence-corrected chi connectivity index (χ3v) is 4.70. The Morgan fingerprint density at radius 2 is 2.11 bits per heavy atom. The van der Waals surface area contributed by atoms with E-state index in [1.165, 1.54) is 13.2 Å². The molecule has 0 saturated heterocycles. The molecule has 27 heavy (non-hydrogen) atoms. The van der Waals surface area contributed by atoms with Gasteiger partial charge < -0.3 is 21.5 Å². The monoisotopic (exact) mass is 478 g/mol. The van der Waals surface area contributed by atoms with Crippen molar-refractivity contribution < 1.29 is 9.13 Å². The second-order valence-corrected chi connectivity index (χ2v) is 6.58. The molecule has 0 saturated carbocycles. The number of nitrogen functional groups attached to an aromatic ring is 2. The summed E-state index contributed by atoms with van der Waals surface area (Å²) in [4.78, 5) is 8.52. The van der Waals surface area contributed by atoms with E-state index < -0.39 is 11.9 Å². The van der Waals surface area contributed by atoms with Gasteiger partial charge in [-0.05, 0) is 40.3 Å². The zero-order chi connectivity index (χ0) is 19.7. The molecule has 0 bridgehead atoms. The van der Waals surface area contributed by atoms with Crippen molar-refractivity contribution in [1.82, 2.24) is 10.3 Å². The summed E-state index contributed by atoms with van der Waals surface area (Å²) < 4.78 is 20.0. The first kappa shape index (κ1) is 18.5. The van der Waals surface area contributed by atoms with Gasteiger partial charge in [-0.25, -0.2) is 14.4 Å². The molecule has 3 rings (SSSR count). The van der Waals surface area contributed by atoms with E-state index in [0.29, 0.717) is 14.7 Å². The molecule has 136 valence electrons. The zero-order valence-electron chi connectivity index (χ0n) is 13.8. The second kappa shape index (κ2) is 7.13. The van der Waals surface area contributed by atoms with E-state index in [0.717, 1.165) is 0 Å². The summed E-state index contributed by atoms with van der Waals surface area (Å²) in [5, 5.41) is 23.4. The SMILES string of the molecule is COc1c(F)cc(C2N=C(NC#N)Nc3nc(N)c(C#N)c(N)c32)cc1I. The number of nitrogens with one attached hydrogen (secondary N) is 2. The smallest absolute Gasteiger partial charge is 0.211 e. The second-order valence-electron chi connectivity index (χ2n) is 5.42. The van der Waals surface area contributed by atoms with E-state index in [4.69, 9.17) is 21.5 Å². The van der Waals surface area contributed by atoms with E-state index in [1.807, 2.05) is 28.7 Å². The highest BCUT2D eigenvalue weighted by Crippen LogP contribution is 2.41. The number of anilines is 3. The molecule has 1 unspecified atom stereocenters. The van der Waals surface area contributed by atoms with Gasteiger partial charge in [-0.1, -0.05) is 0 Å². The van der Waals surface area contributed by atoms with E-state index in [9.17, 15) is 9.65 Å². The molecular formula is C16H12FIN8O. The molecule has 1 aromatic carbocycles. The molecule has 1 aliphatic heterocycles. The standard InChI is InChI=1S/C16H12FIN8O/c1-27-13-8(17)2-6(3-9(13)18)12-10-11(21)7(4-19)14(22)25-15(10)26-16(24-12)23-5-20/h2-3,12H,1H3,(H6,21,22,23,24,25,26). The van der Waals surface area contributed by atoms with Crippen molar-refractivity contribution in [2.24, 2.45) is 4.99 Å². The van der Waals surface area contributed by atoms with Crippen molar-refractivity contribution in [2.45, 2.75) is 6.04 Å². The number of aliphatic imine (C=N–C) groups is 1. The van der Waals surface area contributed by atoms with Crippen LogP contribution in [0.1, 0.15) is 22.7 Å². The number of hydrogen-bond acceptors (Lipinski definition) is 9. The van der Waals surface area contributed by atoms with Crippen LogP contribution in [-0.2, 0) is 0 Å². The van der Waals surface area contributed by atoms with Crippen molar-refractivity contribution in [2.75, 3.05) is 23.9 Å². The number of pyridine rings is 1. The Morgan fingerprint density at radius 3 is 2.70 bits per heavy atom. The number of benzene rings is 1. The number of fused-ring (bicyclic) bond motifs is 1. The minimum Gasteiger partial charge on any atom is -0.493 e. The van der Waals surface area contributed by atoms with Crippen molar-refractivity contribution in [3.63, 3.8) is 0 Å². The Morgan fingerprint density at radius 1 is 1.37 bits per heavy atom. The van der Waals surface area contributed by atoms with Gasteiger partial charge in [0.1, 0.15) is 29.3 Å². The molecule has 0 fully saturated rings. The summed E-state index contributed by atoms with van der Waals surface area (Å²) in [6.45, 7) is 0. The average molecular weight is 478 g/mol. The summed E-state index contributed by atoms with van der Waals surface area (Å²) in [5.41, 5.74) is 12.8. The Bertz CT molecular complexity index is 1030. The van der Waals surface area contributed by atoms with Crippen LogP contribution in [0, 0.1) is 32.2 Å². The van der Waals surface area contributed by atoms with Crippen LogP contribution in [-0.4, -0.2) is 18.1 Å². The number of halogens is 2. The summed E-state index contributed by atoms with van der Waals surface area (Å²) >= 11 is 1.94. The minimum atomic E-state index is -0.814. The summed E-state index contributed by atoms with van der Waals surface area (Å²) in [6, 6.07) is 4.04. The Hall–Kier alpha value is -3.32. The van der Waals surface area contributed by atoms with Gasteiger partial charge in [0.2, 0.25) is 5.96 Å². The topological polar surface area (TPSA) is 158 Å². The molecule has 11 heteroatoms. The molecule has 0 spiro atoms. The Kier molecular flexibility index (Phi) is 4.87. The van der Waals surface area contributed by atoms with Gasteiger partial charge in [0, 0.05) is 5.56 Å².